The summed E-state index contributed by atoms with van der Waals surface area (Å²) in [6.07, 6.45) is 3.19. The van der Waals surface area contributed by atoms with Crippen molar-refractivity contribution in [3.63, 3.8) is 0 Å². The van der Waals surface area contributed by atoms with Crippen molar-refractivity contribution in [2.45, 2.75) is 12.8 Å². The van der Waals surface area contributed by atoms with Gasteiger partial charge in [0.15, 0.2) is 0 Å². The van der Waals surface area contributed by atoms with Gasteiger partial charge in [0.25, 0.3) is 0 Å². The Kier molecular flexibility index (Phi) is 2.37. The zero-order chi connectivity index (χ0) is 10.8. The van der Waals surface area contributed by atoms with Gasteiger partial charge in [-0.2, -0.15) is 0 Å². The highest BCUT2D eigenvalue weighted by Crippen LogP contribution is 2.09. The largest absolute Gasteiger partial charge is 0.481 e. The van der Waals surface area contributed by atoms with Crippen LogP contribution in [0.5, 0.6) is 0 Å². The summed E-state index contributed by atoms with van der Waals surface area (Å²) in [7, 11) is 0. The number of carboxylic acids is 1. The molecule has 2 aromatic heterocycles. The molecular weight excluding hydrogens is 199 g/mol. The van der Waals surface area contributed by atoms with Gasteiger partial charge in [0.2, 0.25) is 0 Å². The number of halogens is 1. The molecule has 0 bridgehead atoms. The van der Waals surface area contributed by atoms with Crippen LogP contribution in [0.1, 0.15) is 12.2 Å². The van der Waals surface area contributed by atoms with E-state index in [0.717, 1.165) is 5.52 Å². The molecule has 0 aliphatic rings. The minimum atomic E-state index is -0.886. The fraction of sp³-hybridized carbons (Fsp3) is 0.200. The van der Waals surface area contributed by atoms with Crippen molar-refractivity contribution >= 4 is 11.5 Å². The minimum Gasteiger partial charge on any atom is -0.481 e. The number of imidazole rings is 1. The Hall–Kier alpha value is -1.91. The number of carboxylic acid groups (broad SMARTS) is 1. The number of rotatable bonds is 3. The molecule has 4 nitrogen and oxygen atoms in total. The van der Waals surface area contributed by atoms with Crippen LogP contribution in [-0.2, 0) is 11.2 Å². The van der Waals surface area contributed by atoms with Crippen LogP contribution in [0.4, 0.5) is 4.39 Å². The molecule has 0 aliphatic heterocycles. The third-order valence-electron chi connectivity index (χ3n) is 2.13. The number of hydrogen-bond donors (Lipinski definition) is 1. The van der Waals surface area contributed by atoms with Crippen molar-refractivity contribution in [3.05, 3.63) is 36.2 Å². The first kappa shape index (κ1) is 9.64. The van der Waals surface area contributed by atoms with Gasteiger partial charge in [0.05, 0.1) is 18.1 Å². The van der Waals surface area contributed by atoms with Gasteiger partial charge < -0.3 is 9.51 Å². The van der Waals surface area contributed by atoms with E-state index in [9.17, 15) is 9.18 Å². The third-order valence-corrected chi connectivity index (χ3v) is 2.13. The van der Waals surface area contributed by atoms with Crippen LogP contribution in [0.25, 0.3) is 5.52 Å². The molecule has 0 saturated carbocycles. The maximum absolute atomic E-state index is 12.9. The summed E-state index contributed by atoms with van der Waals surface area (Å²) in [4.78, 5) is 14.4. The smallest absolute Gasteiger partial charge is 0.303 e. The molecule has 15 heavy (non-hydrogen) atoms. The van der Waals surface area contributed by atoms with Gasteiger partial charge in [-0.25, -0.2) is 9.37 Å². The number of aromatic nitrogens is 2. The molecule has 1 N–H and O–H groups in total. The molecule has 0 fully saturated rings. The van der Waals surface area contributed by atoms with Crippen molar-refractivity contribution in [2.24, 2.45) is 0 Å². The molecule has 0 spiro atoms. The lowest BCUT2D eigenvalue weighted by Gasteiger charge is -1.99. The predicted molar refractivity (Wildman–Crippen MR) is 51.1 cm³/mol. The third kappa shape index (κ3) is 1.96. The van der Waals surface area contributed by atoms with Gasteiger partial charge in [-0.15, -0.1) is 0 Å². The van der Waals surface area contributed by atoms with Crippen molar-refractivity contribution in [2.75, 3.05) is 0 Å². The summed E-state index contributed by atoms with van der Waals surface area (Å²) < 4.78 is 14.5. The van der Waals surface area contributed by atoms with Crippen molar-refractivity contribution in [3.8, 4) is 0 Å². The lowest BCUT2D eigenvalue weighted by atomic mass is 10.3. The first-order valence-corrected chi connectivity index (χ1v) is 4.50. The molecular formula is C10H9FN2O2. The number of carbonyl (C=O) groups is 1. The Morgan fingerprint density at radius 2 is 2.33 bits per heavy atom. The summed E-state index contributed by atoms with van der Waals surface area (Å²) in [6.45, 7) is 0. The molecule has 0 unspecified atom stereocenters. The Morgan fingerprint density at radius 1 is 1.53 bits per heavy atom. The second-order valence-corrected chi connectivity index (χ2v) is 3.21. The standard InChI is InChI=1S/C10H9FN2O2/c11-7-1-2-8-5-12-9(13(8)6-7)3-4-10(14)15/h1-2,5-6H,3-4H2,(H,14,15). The van der Waals surface area contributed by atoms with E-state index in [0.29, 0.717) is 12.2 Å². The van der Waals surface area contributed by atoms with Gasteiger partial charge in [-0.05, 0) is 12.1 Å². The van der Waals surface area contributed by atoms with Crippen molar-refractivity contribution in [1.29, 1.82) is 0 Å². The fourth-order valence-corrected chi connectivity index (χ4v) is 1.42. The molecule has 2 rings (SSSR count). The number of aliphatic carboxylic acids is 1. The highest BCUT2D eigenvalue weighted by molar-refractivity contribution is 5.67. The summed E-state index contributed by atoms with van der Waals surface area (Å²) in [5.74, 6) is -0.688. The fourth-order valence-electron chi connectivity index (χ4n) is 1.42. The molecule has 2 heterocycles. The zero-order valence-electron chi connectivity index (χ0n) is 7.85. The molecule has 0 saturated heterocycles. The summed E-state index contributed by atoms with van der Waals surface area (Å²) in [6, 6.07) is 2.95. The van der Waals surface area contributed by atoms with Crippen LogP contribution in [0.2, 0.25) is 0 Å². The average molecular weight is 208 g/mol. The Morgan fingerprint density at radius 3 is 3.07 bits per heavy atom. The van der Waals surface area contributed by atoms with E-state index >= 15 is 0 Å². The minimum absolute atomic E-state index is 0.00434. The van der Waals surface area contributed by atoms with Crippen LogP contribution >= 0.6 is 0 Å². The highest BCUT2D eigenvalue weighted by atomic mass is 19.1. The molecule has 0 aromatic carbocycles. The molecule has 0 aliphatic carbocycles. The molecule has 78 valence electrons. The van der Waals surface area contributed by atoms with E-state index in [1.165, 1.54) is 12.3 Å². The van der Waals surface area contributed by atoms with E-state index in [4.69, 9.17) is 5.11 Å². The Bertz CT molecular complexity index is 507. The number of aryl methyl sites for hydroxylation is 1. The van der Waals surface area contributed by atoms with E-state index in [1.54, 1.807) is 16.7 Å². The van der Waals surface area contributed by atoms with E-state index < -0.39 is 5.97 Å². The van der Waals surface area contributed by atoms with Gasteiger partial charge >= 0.3 is 5.97 Å². The topological polar surface area (TPSA) is 54.6 Å². The number of hydrogen-bond acceptors (Lipinski definition) is 2. The Balaban J connectivity index is 2.35. The monoisotopic (exact) mass is 208 g/mol. The number of fused-ring (bicyclic) bond motifs is 1. The van der Waals surface area contributed by atoms with Gasteiger partial charge in [-0.3, -0.25) is 4.79 Å². The van der Waals surface area contributed by atoms with Gasteiger partial charge in [0, 0.05) is 12.6 Å². The van der Waals surface area contributed by atoms with E-state index in [-0.39, 0.29) is 12.2 Å². The van der Waals surface area contributed by atoms with Crippen LogP contribution in [0, 0.1) is 5.82 Å². The molecule has 0 amide bonds. The zero-order valence-corrected chi connectivity index (χ0v) is 7.85. The van der Waals surface area contributed by atoms with Crippen LogP contribution in [0.3, 0.4) is 0 Å². The van der Waals surface area contributed by atoms with Crippen LogP contribution in [0.15, 0.2) is 24.5 Å². The maximum Gasteiger partial charge on any atom is 0.303 e. The summed E-state index contributed by atoms with van der Waals surface area (Å²) in [5, 5.41) is 8.53. The van der Waals surface area contributed by atoms with Gasteiger partial charge in [0.1, 0.15) is 11.6 Å². The molecule has 0 atom stereocenters. The van der Waals surface area contributed by atoms with Crippen molar-refractivity contribution in [1.82, 2.24) is 9.38 Å². The normalized spacial score (nSPS) is 10.7. The quantitative estimate of drug-likeness (QED) is 0.831. The second kappa shape index (κ2) is 3.68. The number of nitrogens with zero attached hydrogens (tertiary/aromatic N) is 2. The van der Waals surface area contributed by atoms with Crippen LogP contribution in [-0.4, -0.2) is 20.5 Å². The predicted octanol–water partition coefficient (Wildman–Crippen LogP) is 1.49. The molecule has 5 heteroatoms. The highest BCUT2D eigenvalue weighted by Gasteiger charge is 2.06. The second-order valence-electron chi connectivity index (χ2n) is 3.21. The molecule has 2 aromatic rings. The summed E-state index contributed by atoms with van der Waals surface area (Å²) in [5.41, 5.74) is 0.761. The van der Waals surface area contributed by atoms with E-state index in [2.05, 4.69) is 4.98 Å². The lowest BCUT2D eigenvalue weighted by molar-refractivity contribution is -0.137. The molecule has 0 radical (unpaired) electrons. The Labute approximate surface area is 85.0 Å². The SMILES string of the molecule is O=C(O)CCc1ncc2ccc(F)cn12. The van der Waals surface area contributed by atoms with Gasteiger partial charge in [-0.1, -0.05) is 0 Å². The number of pyridine rings is 1. The van der Waals surface area contributed by atoms with Crippen LogP contribution < -0.4 is 0 Å². The van der Waals surface area contributed by atoms with E-state index in [1.807, 2.05) is 0 Å². The maximum atomic E-state index is 12.9. The first-order valence-electron chi connectivity index (χ1n) is 4.50. The average Bonchev–Trinajstić information content (AvgIpc) is 2.57. The lowest BCUT2D eigenvalue weighted by Crippen LogP contribution is -2.01. The first-order chi connectivity index (χ1) is 7.16. The van der Waals surface area contributed by atoms with Crippen molar-refractivity contribution < 1.29 is 14.3 Å². The summed E-state index contributed by atoms with van der Waals surface area (Å²) >= 11 is 0.